The summed E-state index contributed by atoms with van der Waals surface area (Å²) in [5.74, 6) is 0. The van der Waals surface area contributed by atoms with Crippen molar-refractivity contribution in [3.8, 4) is 11.3 Å². The second kappa shape index (κ2) is 4.94. The van der Waals surface area contributed by atoms with E-state index in [1.807, 2.05) is 30.6 Å². The molecule has 21 heavy (non-hydrogen) atoms. The van der Waals surface area contributed by atoms with Gasteiger partial charge in [-0.05, 0) is 17.2 Å². The van der Waals surface area contributed by atoms with E-state index >= 15 is 0 Å². The Kier molecular flexibility index (Phi) is 2.82. The lowest BCUT2D eigenvalue weighted by Crippen LogP contribution is -1.96. The first-order chi connectivity index (χ1) is 10.4. The van der Waals surface area contributed by atoms with Crippen LogP contribution in [-0.4, -0.2) is 14.5 Å². The van der Waals surface area contributed by atoms with Crippen molar-refractivity contribution in [1.82, 2.24) is 14.5 Å². The van der Waals surface area contributed by atoms with Crippen molar-refractivity contribution in [2.45, 2.75) is 6.54 Å². The minimum absolute atomic E-state index is 0.837. The van der Waals surface area contributed by atoms with Gasteiger partial charge in [0.05, 0.1) is 11.8 Å². The van der Waals surface area contributed by atoms with Crippen LogP contribution in [0, 0.1) is 0 Å². The Labute approximate surface area is 122 Å². The van der Waals surface area contributed by atoms with Gasteiger partial charge in [-0.15, -0.1) is 0 Å². The Morgan fingerprint density at radius 2 is 1.62 bits per heavy atom. The standard InChI is InChI=1S/C18H15N3/c1-3-7-14(8-4-1)12-21-13-19-18-17(21)11-16(20-18)15-9-5-2-6-10-15/h1-11,13,20H,12H2. The minimum Gasteiger partial charge on any atom is -0.338 e. The first-order valence-corrected chi connectivity index (χ1v) is 7.03. The van der Waals surface area contributed by atoms with Crippen LogP contribution in [0.2, 0.25) is 0 Å². The summed E-state index contributed by atoms with van der Waals surface area (Å²) in [4.78, 5) is 7.85. The van der Waals surface area contributed by atoms with Gasteiger partial charge < -0.3 is 9.55 Å². The fourth-order valence-electron chi connectivity index (χ4n) is 2.62. The van der Waals surface area contributed by atoms with Crippen molar-refractivity contribution in [3.05, 3.63) is 78.6 Å². The molecule has 2 aromatic carbocycles. The lowest BCUT2D eigenvalue weighted by molar-refractivity contribution is 0.824. The number of H-pyrrole nitrogens is 1. The van der Waals surface area contributed by atoms with Gasteiger partial charge in [-0.2, -0.15) is 0 Å². The van der Waals surface area contributed by atoms with Crippen LogP contribution < -0.4 is 0 Å². The molecule has 0 aliphatic heterocycles. The number of benzene rings is 2. The van der Waals surface area contributed by atoms with Crippen molar-refractivity contribution < 1.29 is 0 Å². The maximum atomic E-state index is 4.47. The van der Waals surface area contributed by atoms with Crippen LogP contribution in [0.1, 0.15) is 5.56 Å². The number of hydrogen-bond donors (Lipinski definition) is 1. The van der Waals surface area contributed by atoms with Gasteiger partial charge in [0.2, 0.25) is 0 Å². The summed E-state index contributed by atoms with van der Waals surface area (Å²) in [7, 11) is 0. The lowest BCUT2D eigenvalue weighted by Gasteiger charge is -2.02. The fraction of sp³-hybridized carbons (Fsp3) is 0.0556. The Morgan fingerprint density at radius 1 is 0.905 bits per heavy atom. The topological polar surface area (TPSA) is 33.6 Å². The highest BCUT2D eigenvalue weighted by atomic mass is 15.1. The molecule has 4 aromatic rings. The van der Waals surface area contributed by atoms with Gasteiger partial charge in [0.25, 0.3) is 0 Å². The normalized spacial score (nSPS) is 11.0. The van der Waals surface area contributed by atoms with Crippen molar-refractivity contribution in [1.29, 1.82) is 0 Å². The van der Waals surface area contributed by atoms with Crippen LogP contribution in [0.25, 0.3) is 22.4 Å². The highest BCUT2D eigenvalue weighted by molar-refractivity contribution is 5.80. The van der Waals surface area contributed by atoms with Gasteiger partial charge in [0.1, 0.15) is 0 Å². The molecule has 1 N–H and O–H groups in total. The molecule has 2 aromatic heterocycles. The first-order valence-electron chi connectivity index (χ1n) is 7.03. The predicted molar refractivity (Wildman–Crippen MR) is 85.1 cm³/mol. The smallest absolute Gasteiger partial charge is 0.156 e. The summed E-state index contributed by atoms with van der Waals surface area (Å²) in [6.07, 6.45) is 1.89. The second-order valence-electron chi connectivity index (χ2n) is 5.14. The molecule has 3 heteroatoms. The molecule has 0 unspecified atom stereocenters. The summed E-state index contributed by atoms with van der Waals surface area (Å²) < 4.78 is 2.17. The second-order valence-corrected chi connectivity index (χ2v) is 5.14. The number of aromatic nitrogens is 3. The summed E-state index contributed by atoms with van der Waals surface area (Å²) in [6, 6.07) is 22.9. The molecule has 0 spiro atoms. The number of rotatable bonds is 3. The fourth-order valence-corrected chi connectivity index (χ4v) is 2.62. The van der Waals surface area contributed by atoms with Crippen LogP contribution in [-0.2, 0) is 6.54 Å². The van der Waals surface area contributed by atoms with E-state index in [1.165, 1.54) is 11.1 Å². The van der Waals surface area contributed by atoms with Crippen molar-refractivity contribution >= 4 is 11.2 Å². The third-order valence-electron chi connectivity index (χ3n) is 3.69. The first kappa shape index (κ1) is 12.0. The molecule has 0 bridgehead atoms. The largest absolute Gasteiger partial charge is 0.338 e. The van der Waals surface area contributed by atoms with Crippen molar-refractivity contribution in [2.75, 3.05) is 0 Å². The SMILES string of the molecule is c1ccc(Cn2cnc3[nH]c(-c4ccccc4)cc32)cc1. The van der Waals surface area contributed by atoms with Crippen LogP contribution >= 0.6 is 0 Å². The Hall–Kier alpha value is -2.81. The molecule has 0 fully saturated rings. The van der Waals surface area contributed by atoms with Crippen molar-refractivity contribution in [3.63, 3.8) is 0 Å². The molecular formula is C18H15N3. The molecule has 0 aliphatic rings. The van der Waals surface area contributed by atoms with Gasteiger partial charge in [-0.3, -0.25) is 0 Å². The highest BCUT2D eigenvalue weighted by Gasteiger charge is 2.08. The number of nitrogens with zero attached hydrogens (tertiary/aromatic N) is 2. The monoisotopic (exact) mass is 273 g/mol. The number of aromatic amines is 1. The lowest BCUT2D eigenvalue weighted by atomic mass is 10.1. The van der Waals surface area contributed by atoms with E-state index in [-0.39, 0.29) is 0 Å². The maximum Gasteiger partial charge on any atom is 0.156 e. The molecule has 0 radical (unpaired) electrons. The van der Waals surface area contributed by atoms with Crippen LogP contribution in [0.5, 0.6) is 0 Å². The van der Waals surface area contributed by atoms with E-state index in [1.54, 1.807) is 0 Å². The van der Waals surface area contributed by atoms with Crippen molar-refractivity contribution in [2.24, 2.45) is 0 Å². The highest BCUT2D eigenvalue weighted by Crippen LogP contribution is 2.23. The molecule has 0 amide bonds. The van der Waals surface area contributed by atoms with Gasteiger partial charge in [-0.1, -0.05) is 60.7 Å². The summed E-state index contributed by atoms with van der Waals surface area (Å²) in [6.45, 7) is 0.837. The molecule has 0 saturated heterocycles. The van der Waals surface area contributed by atoms with Crippen LogP contribution in [0.3, 0.4) is 0 Å². The van der Waals surface area contributed by atoms with E-state index in [2.05, 4.69) is 57.0 Å². The molecular weight excluding hydrogens is 258 g/mol. The molecule has 102 valence electrons. The minimum atomic E-state index is 0.837. The third kappa shape index (κ3) is 2.23. The average Bonchev–Trinajstić information content (AvgIpc) is 3.11. The van der Waals surface area contributed by atoms with Crippen LogP contribution in [0.4, 0.5) is 0 Å². The Bertz CT molecular complexity index is 857. The van der Waals surface area contributed by atoms with Gasteiger partial charge in [-0.25, -0.2) is 4.98 Å². The van der Waals surface area contributed by atoms with Gasteiger partial charge in [0, 0.05) is 12.2 Å². The molecule has 2 heterocycles. The van der Waals surface area contributed by atoms with Gasteiger partial charge >= 0.3 is 0 Å². The average molecular weight is 273 g/mol. The molecule has 3 nitrogen and oxygen atoms in total. The summed E-state index contributed by atoms with van der Waals surface area (Å²) in [5.41, 5.74) is 5.64. The van der Waals surface area contributed by atoms with E-state index < -0.39 is 0 Å². The molecule has 4 rings (SSSR count). The molecule has 0 atom stereocenters. The number of imidazole rings is 1. The zero-order valence-electron chi connectivity index (χ0n) is 11.5. The predicted octanol–water partition coefficient (Wildman–Crippen LogP) is 4.08. The van der Waals surface area contributed by atoms with E-state index in [9.17, 15) is 0 Å². The van der Waals surface area contributed by atoms with Crippen LogP contribution in [0.15, 0.2) is 73.1 Å². The maximum absolute atomic E-state index is 4.47. The zero-order valence-corrected chi connectivity index (χ0v) is 11.5. The third-order valence-corrected chi connectivity index (χ3v) is 3.69. The van der Waals surface area contributed by atoms with Gasteiger partial charge in [0.15, 0.2) is 5.65 Å². The van der Waals surface area contributed by atoms with E-state index in [0.29, 0.717) is 0 Å². The number of nitrogens with one attached hydrogen (secondary N) is 1. The van der Waals surface area contributed by atoms with E-state index in [4.69, 9.17) is 0 Å². The quantitative estimate of drug-likeness (QED) is 0.599. The number of fused-ring (bicyclic) bond motifs is 1. The molecule has 0 aliphatic carbocycles. The summed E-state index contributed by atoms with van der Waals surface area (Å²) in [5, 5.41) is 0. The Morgan fingerprint density at radius 3 is 2.38 bits per heavy atom. The molecule has 0 saturated carbocycles. The Balaban J connectivity index is 1.73. The zero-order chi connectivity index (χ0) is 14.1. The summed E-state index contributed by atoms with van der Waals surface area (Å²) >= 11 is 0. The number of hydrogen-bond acceptors (Lipinski definition) is 1. The van der Waals surface area contributed by atoms with E-state index in [0.717, 1.165) is 23.4 Å².